The maximum absolute atomic E-state index is 13.6. The van der Waals surface area contributed by atoms with Crippen molar-refractivity contribution in [3.8, 4) is 0 Å². The third-order valence-corrected chi connectivity index (χ3v) is 7.00. The molecule has 0 saturated heterocycles. The molecule has 3 aromatic rings. The first kappa shape index (κ1) is 24.6. The Kier molecular flexibility index (Phi) is 7.33. The number of carbonyl (C=O) groups is 3. The molecule has 0 fully saturated rings. The van der Waals surface area contributed by atoms with Gasteiger partial charge in [0.15, 0.2) is 0 Å². The summed E-state index contributed by atoms with van der Waals surface area (Å²) in [5.74, 6) is -0.585. The molecule has 0 radical (unpaired) electrons. The minimum Gasteiger partial charge on any atom is -0.351 e. The fourth-order valence-electron chi connectivity index (χ4n) is 4.01. The van der Waals surface area contributed by atoms with Crippen LogP contribution in [0.1, 0.15) is 47.1 Å². The third kappa shape index (κ3) is 5.78. The Morgan fingerprint density at radius 2 is 1.91 bits per heavy atom. The fraction of sp³-hybridized carbons (Fsp3) is 0.296. The van der Waals surface area contributed by atoms with Crippen molar-refractivity contribution >= 4 is 40.4 Å². The Hall–Kier alpha value is -3.49. The van der Waals surface area contributed by atoms with Crippen LogP contribution in [-0.4, -0.2) is 30.8 Å². The van der Waals surface area contributed by atoms with Gasteiger partial charge in [-0.25, -0.2) is 0 Å². The summed E-state index contributed by atoms with van der Waals surface area (Å²) in [6.45, 7) is 4.82. The Balaban J connectivity index is 1.71. The molecule has 1 aliphatic heterocycles. The van der Waals surface area contributed by atoms with Crippen LogP contribution in [0.15, 0.2) is 66.0 Å². The summed E-state index contributed by atoms with van der Waals surface area (Å²) in [5, 5.41) is 7.77. The Labute approximate surface area is 209 Å². The molecule has 1 aromatic heterocycles. The van der Waals surface area contributed by atoms with E-state index in [0.29, 0.717) is 30.0 Å². The maximum Gasteiger partial charge on any atom is 0.251 e. The number of rotatable bonds is 7. The van der Waals surface area contributed by atoms with Crippen molar-refractivity contribution in [3.63, 3.8) is 0 Å². The number of nitrogens with one attached hydrogen (secondary N) is 2. The van der Waals surface area contributed by atoms with Crippen LogP contribution < -0.4 is 21.3 Å². The van der Waals surface area contributed by atoms with Crippen molar-refractivity contribution in [3.05, 3.63) is 82.0 Å². The van der Waals surface area contributed by atoms with Gasteiger partial charge in [-0.3, -0.25) is 14.4 Å². The quantitative estimate of drug-likeness (QED) is 0.463. The molecule has 1 atom stereocenters. The zero-order valence-electron chi connectivity index (χ0n) is 19.9. The molecule has 4 N–H and O–H groups in total. The summed E-state index contributed by atoms with van der Waals surface area (Å²) in [5.41, 5.74) is 7.84. The molecule has 35 heavy (non-hydrogen) atoms. The van der Waals surface area contributed by atoms with Crippen molar-refractivity contribution in [2.24, 2.45) is 11.1 Å². The van der Waals surface area contributed by atoms with Crippen molar-refractivity contribution in [2.45, 2.75) is 32.7 Å². The lowest BCUT2D eigenvalue weighted by atomic mass is 9.94. The van der Waals surface area contributed by atoms with E-state index in [2.05, 4.69) is 10.6 Å². The molecule has 4 rings (SSSR count). The summed E-state index contributed by atoms with van der Waals surface area (Å²) in [4.78, 5) is 42.0. The molecule has 182 valence electrons. The first-order chi connectivity index (χ1) is 16.8. The molecule has 1 unspecified atom stereocenters. The van der Waals surface area contributed by atoms with E-state index in [1.165, 1.54) is 11.3 Å². The third-order valence-electron chi connectivity index (χ3n) is 6.12. The van der Waals surface area contributed by atoms with Gasteiger partial charge < -0.3 is 21.3 Å². The molecule has 2 heterocycles. The van der Waals surface area contributed by atoms with Crippen molar-refractivity contribution < 1.29 is 14.4 Å². The minimum atomic E-state index is -0.463. The van der Waals surface area contributed by atoms with Gasteiger partial charge in [-0.2, -0.15) is 0 Å². The lowest BCUT2D eigenvalue weighted by Crippen LogP contribution is -2.38. The second kappa shape index (κ2) is 10.4. The zero-order valence-corrected chi connectivity index (χ0v) is 20.7. The van der Waals surface area contributed by atoms with Crippen molar-refractivity contribution in [1.29, 1.82) is 0 Å². The zero-order chi connectivity index (χ0) is 25.0. The minimum absolute atomic E-state index is 0.110. The number of hydrogen-bond donors (Lipinski definition) is 3. The van der Waals surface area contributed by atoms with Crippen LogP contribution in [0, 0.1) is 5.41 Å². The summed E-state index contributed by atoms with van der Waals surface area (Å²) >= 11 is 1.52. The first-order valence-electron chi connectivity index (χ1n) is 11.6. The molecule has 1 aliphatic rings. The van der Waals surface area contributed by atoms with Crippen LogP contribution in [0.5, 0.6) is 0 Å². The highest BCUT2D eigenvalue weighted by Gasteiger charge is 2.34. The van der Waals surface area contributed by atoms with Gasteiger partial charge in [-0.15, -0.1) is 11.3 Å². The van der Waals surface area contributed by atoms with Gasteiger partial charge in [0.1, 0.15) is 0 Å². The number of nitrogens with two attached hydrogens (primary N) is 1. The average molecular weight is 491 g/mol. The smallest absolute Gasteiger partial charge is 0.251 e. The molecule has 8 heteroatoms. The summed E-state index contributed by atoms with van der Waals surface area (Å²) in [7, 11) is 0. The van der Waals surface area contributed by atoms with E-state index >= 15 is 0 Å². The van der Waals surface area contributed by atoms with Gasteiger partial charge in [-0.1, -0.05) is 50.2 Å². The largest absolute Gasteiger partial charge is 0.351 e. The molecule has 0 aliphatic carbocycles. The number of anilines is 2. The molecule has 2 aromatic carbocycles. The predicted molar refractivity (Wildman–Crippen MR) is 140 cm³/mol. The van der Waals surface area contributed by atoms with Gasteiger partial charge >= 0.3 is 0 Å². The number of benzene rings is 2. The maximum atomic E-state index is 13.6. The van der Waals surface area contributed by atoms with Gasteiger partial charge in [0.25, 0.3) is 5.91 Å². The van der Waals surface area contributed by atoms with E-state index in [1.807, 2.05) is 61.7 Å². The molecule has 0 spiro atoms. The fourth-order valence-corrected chi connectivity index (χ4v) is 4.71. The van der Waals surface area contributed by atoms with Crippen LogP contribution in [0.2, 0.25) is 0 Å². The highest BCUT2D eigenvalue weighted by molar-refractivity contribution is 7.10. The normalized spacial score (nSPS) is 15.7. The average Bonchev–Trinajstić information content (AvgIpc) is 3.31. The molecule has 3 amide bonds. The number of amides is 3. The van der Waals surface area contributed by atoms with Gasteiger partial charge in [0, 0.05) is 17.0 Å². The van der Waals surface area contributed by atoms with Crippen LogP contribution in [0.25, 0.3) is 0 Å². The van der Waals surface area contributed by atoms with E-state index in [-0.39, 0.29) is 36.0 Å². The van der Waals surface area contributed by atoms with Crippen LogP contribution in [0.4, 0.5) is 11.4 Å². The molecule has 0 bridgehead atoms. The van der Waals surface area contributed by atoms with Crippen LogP contribution in [-0.2, 0) is 16.0 Å². The number of carbonyl (C=O) groups excluding carboxylic acids is 3. The number of thiophene rings is 1. The Morgan fingerprint density at radius 1 is 1.14 bits per heavy atom. The molecule has 7 nitrogen and oxygen atoms in total. The molecular weight excluding hydrogens is 460 g/mol. The topological polar surface area (TPSA) is 105 Å². The highest BCUT2D eigenvalue weighted by atomic mass is 32.1. The van der Waals surface area contributed by atoms with Crippen LogP contribution >= 0.6 is 11.3 Å². The molecule has 0 saturated carbocycles. The summed E-state index contributed by atoms with van der Waals surface area (Å²) in [6, 6.07) is 18.0. The number of nitrogens with zero attached hydrogens (tertiary/aromatic N) is 1. The van der Waals surface area contributed by atoms with E-state index in [4.69, 9.17) is 5.73 Å². The monoisotopic (exact) mass is 490 g/mol. The van der Waals surface area contributed by atoms with E-state index in [0.717, 1.165) is 10.4 Å². The highest BCUT2D eigenvalue weighted by Crippen LogP contribution is 2.39. The van der Waals surface area contributed by atoms with E-state index < -0.39 is 6.04 Å². The number of hydrogen-bond acceptors (Lipinski definition) is 5. The van der Waals surface area contributed by atoms with Crippen LogP contribution in [0.3, 0.4) is 0 Å². The second-order valence-corrected chi connectivity index (χ2v) is 10.5. The first-order valence-corrected chi connectivity index (χ1v) is 12.5. The van der Waals surface area contributed by atoms with E-state index in [9.17, 15) is 14.4 Å². The predicted octanol–water partition coefficient (Wildman–Crippen LogP) is 4.12. The second-order valence-electron chi connectivity index (χ2n) is 9.48. The summed E-state index contributed by atoms with van der Waals surface area (Å²) < 4.78 is 0. The van der Waals surface area contributed by atoms with Crippen molar-refractivity contribution in [2.75, 3.05) is 23.3 Å². The lowest BCUT2D eigenvalue weighted by molar-refractivity contribution is -0.119. The van der Waals surface area contributed by atoms with Gasteiger partial charge in [0.05, 0.1) is 30.3 Å². The SMILES string of the molecule is CC(C)(CN)CNC(=O)c1ccc2c(c1)NC(=O)CC(c1ccccc1)N2C(=O)Cc1cccs1. The Morgan fingerprint density at radius 3 is 2.60 bits per heavy atom. The lowest BCUT2D eigenvalue weighted by Gasteiger charge is -2.31. The Bertz CT molecular complexity index is 1210. The van der Waals surface area contributed by atoms with Gasteiger partial charge in [0.2, 0.25) is 11.8 Å². The van der Waals surface area contributed by atoms with Gasteiger partial charge in [-0.05, 0) is 47.2 Å². The molecular formula is C27H30N4O3S. The van der Waals surface area contributed by atoms with Crippen molar-refractivity contribution in [1.82, 2.24) is 5.32 Å². The number of fused-ring (bicyclic) bond motifs is 1. The summed E-state index contributed by atoms with van der Waals surface area (Å²) in [6.07, 6.45) is 0.339. The van der Waals surface area contributed by atoms with E-state index in [1.54, 1.807) is 23.1 Å². The standard InChI is InChI=1S/C27H30N4O3S/c1-27(2,16-28)17-29-26(34)19-10-11-22-21(13-19)30-24(32)15-23(18-7-4-3-5-8-18)31(22)25(33)14-20-9-6-12-35-20/h3-13,23H,14-17,28H2,1-2H3,(H,29,34)(H,30,32).